The molecule has 5 nitrogen and oxygen atoms in total. The second-order valence-corrected chi connectivity index (χ2v) is 7.81. The van der Waals surface area contributed by atoms with Gasteiger partial charge in [0, 0.05) is 29.1 Å². The number of hydrogen-bond acceptors (Lipinski definition) is 3. The van der Waals surface area contributed by atoms with Crippen LogP contribution in [-0.2, 0) is 5.41 Å². The molecule has 2 aromatic carbocycles. The number of aromatic nitrogens is 1. The van der Waals surface area contributed by atoms with Gasteiger partial charge in [-0.3, -0.25) is 25.4 Å². The molecule has 0 aliphatic heterocycles. The van der Waals surface area contributed by atoms with Crippen LogP contribution in [0.15, 0.2) is 73.1 Å². The van der Waals surface area contributed by atoms with Gasteiger partial charge in [-0.15, -0.1) is 0 Å². The topological polar surface area (TPSA) is 71.1 Å². The summed E-state index contributed by atoms with van der Waals surface area (Å²) in [5.41, 5.74) is 8.22. The largest absolute Gasteiger partial charge is 0.271 e. The number of carbonyl (C=O) groups is 2. The fourth-order valence-corrected chi connectivity index (χ4v) is 2.68. The molecule has 2 amide bonds. The lowest BCUT2D eigenvalue weighted by atomic mass is 9.87. The Bertz CT molecular complexity index is 1100. The molecule has 2 N–H and O–H groups in total. The predicted molar refractivity (Wildman–Crippen MR) is 117 cm³/mol. The molecule has 5 heteroatoms. The number of pyridine rings is 1. The van der Waals surface area contributed by atoms with E-state index in [1.54, 1.807) is 24.4 Å². The van der Waals surface area contributed by atoms with E-state index in [9.17, 15) is 9.59 Å². The van der Waals surface area contributed by atoms with Crippen LogP contribution in [0.25, 0.3) is 0 Å². The maximum atomic E-state index is 12.4. The monoisotopic (exact) mass is 397 g/mol. The summed E-state index contributed by atoms with van der Waals surface area (Å²) in [4.78, 5) is 28.7. The number of hydrazine groups is 1. The van der Waals surface area contributed by atoms with E-state index in [1.165, 1.54) is 6.20 Å². The van der Waals surface area contributed by atoms with E-state index < -0.39 is 11.8 Å². The smallest absolute Gasteiger partial charge is 0.267 e. The van der Waals surface area contributed by atoms with Gasteiger partial charge in [0.25, 0.3) is 11.8 Å². The Morgan fingerprint density at radius 1 is 0.767 bits per heavy atom. The summed E-state index contributed by atoms with van der Waals surface area (Å²) >= 11 is 0. The van der Waals surface area contributed by atoms with Crippen molar-refractivity contribution in [3.63, 3.8) is 0 Å². The number of hydrogen-bond donors (Lipinski definition) is 2. The molecule has 0 unspecified atom stereocenters. The normalized spacial score (nSPS) is 10.5. The van der Waals surface area contributed by atoms with Crippen LogP contribution in [0.1, 0.15) is 58.2 Å². The first-order valence-corrected chi connectivity index (χ1v) is 9.56. The average molecular weight is 397 g/mol. The second-order valence-electron chi connectivity index (χ2n) is 7.81. The molecule has 0 saturated carbocycles. The molecule has 0 aliphatic rings. The number of amides is 2. The second kappa shape index (κ2) is 9.06. The van der Waals surface area contributed by atoms with E-state index in [1.807, 2.05) is 42.5 Å². The van der Waals surface area contributed by atoms with Crippen LogP contribution in [0.2, 0.25) is 0 Å². The van der Waals surface area contributed by atoms with Gasteiger partial charge in [0.1, 0.15) is 0 Å². The summed E-state index contributed by atoms with van der Waals surface area (Å²) in [5.74, 6) is 5.15. The Morgan fingerprint density at radius 2 is 1.37 bits per heavy atom. The summed E-state index contributed by atoms with van der Waals surface area (Å²) in [5, 5.41) is 0. The lowest BCUT2D eigenvalue weighted by Gasteiger charge is -2.19. The molecule has 30 heavy (non-hydrogen) atoms. The van der Waals surface area contributed by atoms with Gasteiger partial charge in [-0.05, 0) is 41.3 Å². The number of carbonyl (C=O) groups excluding carboxylic acids is 2. The van der Waals surface area contributed by atoms with Crippen LogP contribution in [0.5, 0.6) is 0 Å². The quantitative estimate of drug-likeness (QED) is 0.510. The first-order valence-electron chi connectivity index (χ1n) is 9.56. The van der Waals surface area contributed by atoms with Crippen molar-refractivity contribution >= 4 is 11.8 Å². The minimum atomic E-state index is -0.467. The van der Waals surface area contributed by atoms with Crippen molar-refractivity contribution in [2.45, 2.75) is 26.2 Å². The molecule has 0 spiro atoms. The van der Waals surface area contributed by atoms with Gasteiger partial charge in [-0.1, -0.05) is 62.9 Å². The molecule has 150 valence electrons. The minimum absolute atomic E-state index is 0.00461. The van der Waals surface area contributed by atoms with Crippen molar-refractivity contribution in [2.75, 3.05) is 0 Å². The maximum absolute atomic E-state index is 12.4. The van der Waals surface area contributed by atoms with Crippen LogP contribution in [-0.4, -0.2) is 16.8 Å². The molecule has 3 rings (SSSR count). The van der Waals surface area contributed by atoms with Crippen molar-refractivity contribution < 1.29 is 9.59 Å². The molecule has 0 fully saturated rings. The first kappa shape index (κ1) is 20.8. The fourth-order valence-electron chi connectivity index (χ4n) is 2.68. The standard InChI is InChI=1S/C25H23N3O2/c1-25(2,3)22-13-11-20(12-14-22)23(29)27-28-24(30)21-15-19(16-26-17-21)10-9-18-7-5-4-6-8-18/h4-8,11-17H,1-3H3,(H,27,29)(H,28,30). The predicted octanol–water partition coefficient (Wildman–Crippen LogP) is 3.85. The highest BCUT2D eigenvalue weighted by Crippen LogP contribution is 2.22. The number of nitrogens with zero attached hydrogens (tertiary/aromatic N) is 1. The van der Waals surface area contributed by atoms with E-state index in [2.05, 4.69) is 48.4 Å². The van der Waals surface area contributed by atoms with E-state index in [0.717, 1.165) is 11.1 Å². The highest BCUT2D eigenvalue weighted by molar-refractivity contribution is 5.99. The zero-order valence-corrected chi connectivity index (χ0v) is 17.2. The highest BCUT2D eigenvalue weighted by atomic mass is 16.2. The lowest BCUT2D eigenvalue weighted by molar-refractivity contribution is 0.0846. The lowest BCUT2D eigenvalue weighted by Crippen LogP contribution is -2.41. The Kier molecular flexibility index (Phi) is 6.29. The summed E-state index contributed by atoms with van der Waals surface area (Å²) in [6, 6.07) is 18.5. The Hall–Kier alpha value is -3.91. The van der Waals surface area contributed by atoms with Crippen LogP contribution in [0.4, 0.5) is 0 Å². The van der Waals surface area contributed by atoms with Gasteiger partial charge in [0.15, 0.2) is 0 Å². The van der Waals surface area contributed by atoms with E-state index in [4.69, 9.17) is 0 Å². The third-order valence-electron chi connectivity index (χ3n) is 4.43. The molecule has 1 heterocycles. The van der Waals surface area contributed by atoms with Crippen LogP contribution < -0.4 is 10.9 Å². The minimum Gasteiger partial charge on any atom is -0.267 e. The molecule has 0 aliphatic carbocycles. The van der Waals surface area contributed by atoms with Gasteiger partial charge in [-0.2, -0.15) is 0 Å². The summed E-state index contributed by atoms with van der Waals surface area (Å²) in [7, 11) is 0. The van der Waals surface area contributed by atoms with Gasteiger partial charge < -0.3 is 0 Å². The number of nitrogens with one attached hydrogen (secondary N) is 2. The van der Waals surface area contributed by atoms with E-state index in [0.29, 0.717) is 16.7 Å². The Labute approximate surface area is 176 Å². The van der Waals surface area contributed by atoms with Gasteiger partial charge in [0.05, 0.1) is 5.56 Å². The van der Waals surface area contributed by atoms with Crippen molar-refractivity contribution in [1.29, 1.82) is 0 Å². The van der Waals surface area contributed by atoms with Gasteiger partial charge >= 0.3 is 0 Å². The molecular weight excluding hydrogens is 374 g/mol. The molecule has 3 aromatic rings. The molecule has 0 saturated heterocycles. The maximum Gasteiger partial charge on any atom is 0.271 e. The third kappa shape index (κ3) is 5.55. The van der Waals surface area contributed by atoms with Crippen molar-refractivity contribution in [2.24, 2.45) is 0 Å². The van der Waals surface area contributed by atoms with E-state index in [-0.39, 0.29) is 5.41 Å². The van der Waals surface area contributed by atoms with E-state index >= 15 is 0 Å². The summed E-state index contributed by atoms with van der Waals surface area (Å²) < 4.78 is 0. The zero-order valence-electron chi connectivity index (χ0n) is 17.2. The summed E-state index contributed by atoms with van der Waals surface area (Å²) in [6.07, 6.45) is 3.01. The Balaban J connectivity index is 1.62. The van der Waals surface area contributed by atoms with Crippen LogP contribution >= 0.6 is 0 Å². The summed E-state index contributed by atoms with van der Waals surface area (Å²) in [6.45, 7) is 6.32. The van der Waals surface area contributed by atoms with Gasteiger partial charge in [-0.25, -0.2) is 0 Å². The fraction of sp³-hybridized carbons (Fsp3) is 0.160. The molecule has 0 atom stereocenters. The van der Waals surface area contributed by atoms with Crippen LogP contribution in [0, 0.1) is 11.8 Å². The van der Waals surface area contributed by atoms with Crippen molar-refractivity contribution in [3.8, 4) is 11.8 Å². The third-order valence-corrected chi connectivity index (χ3v) is 4.43. The van der Waals surface area contributed by atoms with Crippen molar-refractivity contribution in [3.05, 3.63) is 101 Å². The zero-order chi connectivity index (χ0) is 21.6. The number of benzene rings is 2. The molecule has 1 aromatic heterocycles. The molecule has 0 bridgehead atoms. The van der Waals surface area contributed by atoms with Crippen LogP contribution in [0.3, 0.4) is 0 Å². The SMILES string of the molecule is CC(C)(C)c1ccc(C(=O)NNC(=O)c2cncc(C#Cc3ccccc3)c2)cc1. The Morgan fingerprint density at radius 3 is 2.00 bits per heavy atom. The first-order chi connectivity index (χ1) is 14.3. The molecular formula is C25H23N3O2. The van der Waals surface area contributed by atoms with Gasteiger partial charge in [0.2, 0.25) is 0 Å². The molecule has 0 radical (unpaired) electrons. The number of rotatable bonds is 2. The average Bonchev–Trinajstić information content (AvgIpc) is 2.76. The van der Waals surface area contributed by atoms with Crippen molar-refractivity contribution in [1.82, 2.24) is 15.8 Å². The highest BCUT2D eigenvalue weighted by Gasteiger charge is 2.15.